The molecule has 1 unspecified atom stereocenters. The molecule has 2 nitrogen and oxygen atoms in total. The third-order valence-electron chi connectivity index (χ3n) is 2.91. The Balaban J connectivity index is 2.31. The van der Waals surface area contributed by atoms with E-state index in [4.69, 9.17) is 4.74 Å². The summed E-state index contributed by atoms with van der Waals surface area (Å²) < 4.78 is 8.05. The third-order valence-corrected chi connectivity index (χ3v) is 3.93. The molecule has 19 heavy (non-hydrogen) atoms. The lowest BCUT2D eigenvalue weighted by Crippen LogP contribution is -2.13. The molecule has 100 valence electrons. The van der Waals surface area contributed by atoms with Gasteiger partial charge in [0.05, 0.1) is 0 Å². The van der Waals surface area contributed by atoms with Crippen LogP contribution in [0, 0.1) is 0 Å². The summed E-state index contributed by atoms with van der Waals surface area (Å²) in [6.07, 6.45) is 0. The van der Waals surface area contributed by atoms with Gasteiger partial charge in [0.2, 0.25) is 0 Å². The Labute approximate surface area is 130 Å². The Morgan fingerprint density at radius 3 is 2.26 bits per heavy atom. The first-order valence-corrected chi connectivity index (χ1v) is 7.59. The van der Waals surface area contributed by atoms with Crippen molar-refractivity contribution in [1.29, 1.82) is 0 Å². The van der Waals surface area contributed by atoms with E-state index in [1.165, 1.54) is 0 Å². The molecule has 0 fully saturated rings. The first kappa shape index (κ1) is 14.6. The van der Waals surface area contributed by atoms with Crippen LogP contribution in [-0.2, 0) is 0 Å². The Morgan fingerprint density at radius 1 is 1.00 bits per heavy atom. The van der Waals surface area contributed by atoms with Crippen LogP contribution < -0.4 is 10.1 Å². The van der Waals surface area contributed by atoms with Gasteiger partial charge in [0.1, 0.15) is 11.5 Å². The van der Waals surface area contributed by atoms with Crippen molar-refractivity contribution < 1.29 is 4.74 Å². The summed E-state index contributed by atoms with van der Waals surface area (Å²) in [5.41, 5.74) is 1.12. The zero-order valence-electron chi connectivity index (χ0n) is 10.8. The maximum absolute atomic E-state index is 5.96. The van der Waals surface area contributed by atoms with Crippen LogP contribution in [0.4, 0.5) is 0 Å². The van der Waals surface area contributed by atoms with Gasteiger partial charge >= 0.3 is 0 Å². The average Bonchev–Trinajstić information content (AvgIpc) is 2.42. The maximum atomic E-state index is 5.96. The summed E-state index contributed by atoms with van der Waals surface area (Å²) in [6.45, 7) is 2.11. The van der Waals surface area contributed by atoms with Crippen molar-refractivity contribution in [3.63, 3.8) is 0 Å². The summed E-state index contributed by atoms with van der Waals surface area (Å²) in [6, 6.07) is 14.1. The van der Waals surface area contributed by atoms with Crippen LogP contribution in [0.3, 0.4) is 0 Å². The molecule has 0 aromatic heterocycles. The lowest BCUT2D eigenvalue weighted by atomic mass is 10.1. The highest BCUT2D eigenvalue weighted by atomic mass is 79.9. The quantitative estimate of drug-likeness (QED) is 0.773. The maximum Gasteiger partial charge on any atom is 0.132 e. The first-order chi connectivity index (χ1) is 9.10. The van der Waals surface area contributed by atoms with Crippen molar-refractivity contribution in [2.24, 2.45) is 0 Å². The Morgan fingerprint density at radius 2 is 1.63 bits per heavy atom. The summed E-state index contributed by atoms with van der Waals surface area (Å²) in [5.74, 6) is 1.70. The van der Waals surface area contributed by atoms with E-state index in [2.05, 4.69) is 50.2 Å². The van der Waals surface area contributed by atoms with E-state index in [1.807, 2.05) is 43.4 Å². The van der Waals surface area contributed by atoms with Gasteiger partial charge in [-0.15, -0.1) is 0 Å². The van der Waals surface area contributed by atoms with Crippen LogP contribution >= 0.6 is 31.9 Å². The second kappa shape index (κ2) is 6.55. The Hall–Kier alpha value is -0.840. The summed E-state index contributed by atoms with van der Waals surface area (Å²) in [4.78, 5) is 0. The molecule has 1 N–H and O–H groups in total. The van der Waals surface area contributed by atoms with Crippen molar-refractivity contribution >= 4 is 31.9 Å². The summed E-state index contributed by atoms with van der Waals surface area (Å²) in [7, 11) is 1.94. The highest BCUT2D eigenvalue weighted by Crippen LogP contribution is 2.32. The second-order valence-corrected chi connectivity index (χ2v) is 6.08. The standard InChI is InChI=1S/C15H15Br2NO/c1-10(18-2)14-9-12(17)5-8-15(14)19-13-6-3-11(16)4-7-13/h3-10,18H,1-2H3. The van der Waals surface area contributed by atoms with E-state index in [0.717, 1.165) is 26.0 Å². The van der Waals surface area contributed by atoms with Crippen LogP contribution in [0.1, 0.15) is 18.5 Å². The van der Waals surface area contributed by atoms with Crippen LogP contribution in [0.25, 0.3) is 0 Å². The number of halogens is 2. The van der Waals surface area contributed by atoms with Crippen LogP contribution in [0.15, 0.2) is 51.4 Å². The SMILES string of the molecule is CNC(C)c1cc(Br)ccc1Oc1ccc(Br)cc1. The molecule has 0 saturated carbocycles. The monoisotopic (exact) mass is 383 g/mol. The lowest BCUT2D eigenvalue weighted by Gasteiger charge is -2.16. The van der Waals surface area contributed by atoms with E-state index in [9.17, 15) is 0 Å². The van der Waals surface area contributed by atoms with E-state index in [0.29, 0.717) is 0 Å². The zero-order chi connectivity index (χ0) is 13.8. The lowest BCUT2D eigenvalue weighted by molar-refractivity contribution is 0.466. The van der Waals surface area contributed by atoms with Gasteiger partial charge in [-0.1, -0.05) is 31.9 Å². The van der Waals surface area contributed by atoms with E-state index in [-0.39, 0.29) is 6.04 Å². The predicted octanol–water partition coefficient (Wildman–Crippen LogP) is 5.28. The van der Waals surface area contributed by atoms with Crippen LogP contribution in [0.5, 0.6) is 11.5 Å². The molecule has 0 aliphatic carbocycles. The molecule has 2 aromatic rings. The molecule has 0 aliphatic heterocycles. The molecule has 0 spiro atoms. The highest BCUT2D eigenvalue weighted by Gasteiger charge is 2.11. The molecule has 1 atom stereocenters. The minimum absolute atomic E-state index is 0.225. The number of nitrogens with one attached hydrogen (secondary N) is 1. The molecule has 0 radical (unpaired) electrons. The molecule has 0 aliphatic rings. The zero-order valence-corrected chi connectivity index (χ0v) is 14.0. The van der Waals surface area contributed by atoms with Crippen molar-refractivity contribution in [1.82, 2.24) is 5.32 Å². The first-order valence-electron chi connectivity index (χ1n) is 6.00. The van der Waals surface area contributed by atoms with Crippen molar-refractivity contribution in [3.8, 4) is 11.5 Å². The molecule has 0 saturated heterocycles. The van der Waals surface area contributed by atoms with E-state index in [1.54, 1.807) is 0 Å². The number of benzene rings is 2. The van der Waals surface area contributed by atoms with Gasteiger partial charge in [-0.3, -0.25) is 0 Å². The fourth-order valence-electron chi connectivity index (χ4n) is 1.74. The van der Waals surface area contributed by atoms with E-state index < -0.39 is 0 Å². The summed E-state index contributed by atoms with van der Waals surface area (Å²) in [5, 5.41) is 3.24. The largest absolute Gasteiger partial charge is 0.457 e. The molecule has 4 heteroatoms. The molecule has 0 amide bonds. The van der Waals surface area contributed by atoms with Gasteiger partial charge in [-0.25, -0.2) is 0 Å². The van der Waals surface area contributed by atoms with Crippen molar-refractivity contribution in [2.75, 3.05) is 7.05 Å². The van der Waals surface area contributed by atoms with Crippen LogP contribution in [0.2, 0.25) is 0 Å². The van der Waals surface area contributed by atoms with Gasteiger partial charge in [0.25, 0.3) is 0 Å². The molecule has 2 rings (SSSR count). The van der Waals surface area contributed by atoms with Gasteiger partial charge < -0.3 is 10.1 Å². The fourth-order valence-corrected chi connectivity index (χ4v) is 2.38. The number of ether oxygens (including phenoxy) is 1. The Kier molecular flexibility index (Phi) is 5.02. The highest BCUT2D eigenvalue weighted by molar-refractivity contribution is 9.10. The number of rotatable bonds is 4. The van der Waals surface area contributed by atoms with Gasteiger partial charge in [-0.05, 0) is 56.4 Å². The van der Waals surface area contributed by atoms with Gasteiger partial charge in [0.15, 0.2) is 0 Å². The normalized spacial score (nSPS) is 12.2. The molecular weight excluding hydrogens is 370 g/mol. The minimum Gasteiger partial charge on any atom is -0.457 e. The minimum atomic E-state index is 0.225. The van der Waals surface area contributed by atoms with Gasteiger partial charge in [0, 0.05) is 20.6 Å². The van der Waals surface area contributed by atoms with Gasteiger partial charge in [-0.2, -0.15) is 0 Å². The average molecular weight is 385 g/mol. The Bertz CT molecular complexity index is 555. The third kappa shape index (κ3) is 3.81. The summed E-state index contributed by atoms with van der Waals surface area (Å²) >= 11 is 6.92. The predicted molar refractivity (Wildman–Crippen MR) is 85.8 cm³/mol. The van der Waals surface area contributed by atoms with Crippen LogP contribution in [-0.4, -0.2) is 7.05 Å². The smallest absolute Gasteiger partial charge is 0.132 e. The van der Waals surface area contributed by atoms with Crippen molar-refractivity contribution in [3.05, 3.63) is 57.0 Å². The van der Waals surface area contributed by atoms with Crippen molar-refractivity contribution in [2.45, 2.75) is 13.0 Å². The van der Waals surface area contributed by atoms with E-state index >= 15 is 0 Å². The molecular formula is C15H15Br2NO. The number of hydrogen-bond donors (Lipinski definition) is 1. The molecule has 0 heterocycles. The number of hydrogen-bond acceptors (Lipinski definition) is 2. The molecule has 0 bridgehead atoms. The topological polar surface area (TPSA) is 21.3 Å². The molecule has 2 aromatic carbocycles. The second-order valence-electron chi connectivity index (χ2n) is 4.25. The fraction of sp³-hybridized carbons (Fsp3) is 0.200.